The van der Waals surface area contributed by atoms with Crippen molar-refractivity contribution >= 4 is 28.5 Å². The zero-order valence-electron chi connectivity index (χ0n) is 17.0. The number of ether oxygens (including phenoxy) is 1. The normalized spacial score (nSPS) is 11.8. The van der Waals surface area contributed by atoms with Gasteiger partial charge in [-0.05, 0) is 56.7 Å². The van der Waals surface area contributed by atoms with Crippen LogP contribution in [0.25, 0.3) is 11.0 Å². The summed E-state index contributed by atoms with van der Waals surface area (Å²) in [5.41, 5.74) is 1.37. The number of nitrogens with one attached hydrogen (secondary N) is 2. The SMILES string of the molecule is CNC(=O)c1cc(NC(=O)C(C)Oc2ccc3c(C)c(C)c(=O)oc3c2)ccc1F. The van der Waals surface area contributed by atoms with E-state index in [0.717, 1.165) is 17.0 Å². The number of hydrogen-bond donors (Lipinski definition) is 2. The molecular formula is C22H21FN2O5. The van der Waals surface area contributed by atoms with Crippen LogP contribution in [0.5, 0.6) is 5.75 Å². The Bertz CT molecular complexity index is 1200. The first-order valence-corrected chi connectivity index (χ1v) is 9.24. The van der Waals surface area contributed by atoms with Gasteiger partial charge in [0.15, 0.2) is 6.10 Å². The van der Waals surface area contributed by atoms with Gasteiger partial charge in [-0.15, -0.1) is 0 Å². The molecule has 8 heteroatoms. The fourth-order valence-corrected chi connectivity index (χ4v) is 2.91. The monoisotopic (exact) mass is 412 g/mol. The van der Waals surface area contributed by atoms with E-state index in [0.29, 0.717) is 16.9 Å². The largest absolute Gasteiger partial charge is 0.481 e. The molecule has 0 radical (unpaired) electrons. The number of amides is 2. The van der Waals surface area contributed by atoms with Crippen LogP contribution in [0.15, 0.2) is 45.6 Å². The Labute approximate surface area is 171 Å². The third kappa shape index (κ3) is 4.17. The predicted molar refractivity (Wildman–Crippen MR) is 110 cm³/mol. The van der Waals surface area contributed by atoms with Gasteiger partial charge in [0.05, 0.1) is 5.56 Å². The van der Waals surface area contributed by atoms with Gasteiger partial charge in [0, 0.05) is 29.8 Å². The Morgan fingerprint density at radius 2 is 1.83 bits per heavy atom. The molecule has 2 N–H and O–H groups in total. The van der Waals surface area contributed by atoms with E-state index in [1.807, 2.05) is 6.92 Å². The van der Waals surface area contributed by atoms with Gasteiger partial charge in [-0.3, -0.25) is 9.59 Å². The topological polar surface area (TPSA) is 97.6 Å². The number of aryl methyl sites for hydroxylation is 1. The summed E-state index contributed by atoms with van der Waals surface area (Å²) in [6, 6.07) is 8.68. The van der Waals surface area contributed by atoms with Gasteiger partial charge in [-0.25, -0.2) is 9.18 Å². The maximum Gasteiger partial charge on any atom is 0.339 e. The summed E-state index contributed by atoms with van der Waals surface area (Å²) >= 11 is 0. The van der Waals surface area contributed by atoms with Crippen LogP contribution in [0.2, 0.25) is 0 Å². The van der Waals surface area contributed by atoms with Gasteiger partial charge in [0.2, 0.25) is 0 Å². The first-order valence-electron chi connectivity index (χ1n) is 9.24. The van der Waals surface area contributed by atoms with Crippen LogP contribution in [0.3, 0.4) is 0 Å². The zero-order chi connectivity index (χ0) is 22.0. The minimum atomic E-state index is -0.908. The molecule has 0 aliphatic carbocycles. The van der Waals surface area contributed by atoms with Crippen molar-refractivity contribution < 1.29 is 23.1 Å². The highest BCUT2D eigenvalue weighted by atomic mass is 19.1. The molecule has 1 atom stereocenters. The number of anilines is 1. The highest BCUT2D eigenvalue weighted by molar-refractivity contribution is 5.98. The minimum absolute atomic E-state index is 0.181. The first-order chi connectivity index (χ1) is 14.2. The second kappa shape index (κ2) is 8.36. The lowest BCUT2D eigenvalue weighted by Crippen LogP contribution is -2.30. The van der Waals surface area contributed by atoms with E-state index in [1.165, 1.54) is 19.2 Å². The second-order valence-electron chi connectivity index (χ2n) is 6.82. The van der Waals surface area contributed by atoms with Crippen molar-refractivity contribution in [2.45, 2.75) is 26.9 Å². The average Bonchev–Trinajstić information content (AvgIpc) is 2.72. The second-order valence-corrected chi connectivity index (χ2v) is 6.82. The average molecular weight is 412 g/mol. The Morgan fingerprint density at radius 3 is 2.53 bits per heavy atom. The fraction of sp³-hybridized carbons (Fsp3) is 0.227. The van der Waals surface area contributed by atoms with Gasteiger partial charge >= 0.3 is 5.63 Å². The molecule has 3 rings (SSSR count). The number of carbonyl (C=O) groups is 2. The van der Waals surface area contributed by atoms with Crippen LogP contribution >= 0.6 is 0 Å². The fourth-order valence-electron chi connectivity index (χ4n) is 2.91. The number of rotatable bonds is 5. The standard InChI is InChI=1S/C22H21FN2O5/c1-11-12(2)22(28)30-19-10-15(6-7-16(11)19)29-13(3)20(26)25-14-5-8-18(23)17(9-14)21(27)24-4/h5-10,13H,1-4H3,(H,24,27)(H,25,26). The van der Waals surface area contributed by atoms with Gasteiger partial charge in [-0.1, -0.05) is 0 Å². The van der Waals surface area contributed by atoms with E-state index in [2.05, 4.69) is 10.6 Å². The smallest absolute Gasteiger partial charge is 0.339 e. The first kappa shape index (κ1) is 21.0. The molecule has 3 aromatic rings. The van der Waals surface area contributed by atoms with Gasteiger partial charge in [0.25, 0.3) is 11.8 Å². The van der Waals surface area contributed by atoms with Crippen LogP contribution in [0.1, 0.15) is 28.4 Å². The number of benzene rings is 2. The molecule has 1 unspecified atom stereocenters. The summed E-state index contributed by atoms with van der Waals surface area (Å²) in [5.74, 6) is -1.44. The summed E-state index contributed by atoms with van der Waals surface area (Å²) in [7, 11) is 1.39. The maximum absolute atomic E-state index is 13.8. The minimum Gasteiger partial charge on any atom is -0.481 e. The van der Waals surface area contributed by atoms with E-state index in [9.17, 15) is 18.8 Å². The maximum atomic E-state index is 13.8. The van der Waals surface area contributed by atoms with Crippen molar-refractivity contribution in [3.8, 4) is 5.75 Å². The van der Waals surface area contributed by atoms with E-state index >= 15 is 0 Å². The molecule has 0 spiro atoms. The Hall–Kier alpha value is -3.68. The van der Waals surface area contributed by atoms with E-state index < -0.39 is 29.4 Å². The summed E-state index contributed by atoms with van der Waals surface area (Å²) in [6.45, 7) is 5.07. The molecule has 0 saturated heterocycles. The van der Waals surface area contributed by atoms with Crippen LogP contribution < -0.4 is 21.0 Å². The van der Waals surface area contributed by atoms with Crippen molar-refractivity contribution in [2.75, 3.05) is 12.4 Å². The highest BCUT2D eigenvalue weighted by Gasteiger charge is 2.18. The molecule has 30 heavy (non-hydrogen) atoms. The molecule has 0 aliphatic rings. The molecule has 2 aromatic carbocycles. The number of carbonyl (C=O) groups excluding carboxylic acids is 2. The van der Waals surface area contributed by atoms with Crippen LogP contribution in [0, 0.1) is 19.7 Å². The molecule has 2 amide bonds. The van der Waals surface area contributed by atoms with Crippen molar-refractivity contribution in [3.63, 3.8) is 0 Å². The van der Waals surface area contributed by atoms with E-state index in [-0.39, 0.29) is 11.3 Å². The van der Waals surface area contributed by atoms with Crippen molar-refractivity contribution in [1.29, 1.82) is 0 Å². The Balaban J connectivity index is 1.77. The molecular weight excluding hydrogens is 391 g/mol. The lowest BCUT2D eigenvalue weighted by atomic mass is 10.1. The quantitative estimate of drug-likeness (QED) is 0.627. The van der Waals surface area contributed by atoms with Gasteiger partial charge in [-0.2, -0.15) is 0 Å². The van der Waals surface area contributed by atoms with Gasteiger partial charge < -0.3 is 19.8 Å². The van der Waals surface area contributed by atoms with E-state index in [1.54, 1.807) is 32.0 Å². The molecule has 0 fully saturated rings. The molecule has 156 valence electrons. The van der Waals surface area contributed by atoms with E-state index in [4.69, 9.17) is 9.15 Å². The highest BCUT2D eigenvalue weighted by Crippen LogP contribution is 2.25. The number of halogens is 1. The third-order valence-electron chi connectivity index (χ3n) is 4.82. The van der Waals surface area contributed by atoms with Crippen molar-refractivity contribution in [3.05, 3.63) is 69.3 Å². The molecule has 0 bridgehead atoms. The molecule has 1 heterocycles. The molecule has 0 aliphatic heterocycles. The van der Waals surface area contributed by atoms with Crippen LogP contribution in [-0.4, -0.2) is 25.0 Å². The van der Waals surface area contributed by atoms with Crippen molar-refractivity contribution in [1.82, 2.24) is 5.32 Å². The van der Waals surface area contributed by atoms with Crippen molar-refractivity contribution in [2.24, 2.45) is 0 Å². The van der Waals surface area contributed by atoms with Gasteiger partial charge in [0.1, 0.15) is 17.1 Å². The Kier molecular flexibility index (Phi) is 5.86. The molecule has 7 nitrogen and oxygen atoms in total. The summed E-state index contributed by atoms with van der Waals surface area (Å²) < 4.78 is 24.7. The molecule has 1 aromatic heterocycles. The van der Waals surface area contributed by atoms with Crippen LogP contribution in [-0.2, 0) is 4.79 Å². The third-order valence-corrected chi connectivity index (χ3v) is 4.82. The lowest BCUT2D eigenvalue weighted by molar-refractivity contribution is -0.122. The Morgan fingerprint density at radius 1 is 1.10 bits per heavy atom. The van der Waals surface area contributed by atoms with Crippen LogP contribution in [0.4, 0.5) is 10.1 Å². The number of hydrogen-bond acceptors (Lipinski definition) is 5. The number of fused-ring (bicyclic) bond motifs is 1. The summed E-state index contributed by atoms with van der Waals surface area (Å²) in [5, 5.41) is 5.71. The lowest BCUT2D eigenvalue weighted by Gasteiger charge is -2.16. The molecule has 0 saturated carbocycles. The predicted octanol–water partition coefficient (Wildman–Crippen LogP) is 3.31. The zero-order valence-corrected chi connectivity index (χ0v) is 17.0. The summed E-state index contributed by atoms with van der Waals surface area (Å²) in [4.78, 5) is 36.1. The summed E-state index contributed by atoms with van der Waals surface area (Å²) in [6.07, 6.45) is -0.908.